The van der Waals surface area contributed by atoms with Gasteiger partial charge in [0, 0.05) is 24.2 Å². The molecule has 0 saturated carbocycles. The van der Waals surface area contributed by atoms with Crippen LogP contribution in [0, 0.1) is 6.92 Å². The Morgan fingerprint density at radius 1 is 1.16 bits per heavy atom. The summed E-state index contributed by atoms with van der Waals surface area (Å²) in [7, 11) is 1.77. The van der Waals surface area contributed by atoms with Crippen molar-refractivity contribution in [3.63, 3.8) is 0 Å². The largest absolute Gasteiger partial charge is 0.441 e. The molecule has 0 aliphatic carbocycles. The van der Waals surface area contributed by atoms with Gasteiger partial charge in [-0.3, -0.25) is 4.79 Å². The van der Waals surface area contributed by atoms with E-state index in [-0.39, 0.29) is 12.3 Å². The first kappa shape index (κ1) is 17.2. The Balaban J connectivity index is 1.69. The van der Waals surface area contributed by atoms with E-state index in [1.165, 1.54) is 0 Å². The van der Waals surface area contributed by atoms with Crippen molar-refractivity contribution in [1.29, 1.82) is 0 Å². The summed E-state index contributed by atoms with van der Waals surface area (Å²) in [6, 6.07) is 17.2. The summed E-state index contributed by atoms with van der Waals surface area (Å²) in [6.45, 7) is 2.33. The van der Waals surface area contributed by atoms with Gasteiger partial charge < -0.3 is 9.32 Å². The van der Waals surface area contributed by atoms with Gasteiger partial charge >= 0.3 is 0 Å². The molecular formula is C20H19ClN2O2. The van der Waals surface area contributed by atoms with Crippen molar-refractivity contribution in [2.75, 3.05) is 7.05 Å². The van der Waals surface area contributed by atoms with Crippen LogP contribution in [-0.2, 0) is 17.8 Å². The smallest absolute Gasteiger partial charge is 0.228 e. The zero-order chi connectivity index (χ0) is 17.8. The molecule has 3 rings (SSSR count). The number of nitrogens with zero attached hydrogens (tertiary/aromatic N) is 2. The minimum atomic E-state index is -0.0176. The van der Waals surface area contributed by atoms with Crippen LogP contribution in [0.5, 0.6) is 0 Å². The lowest BCUT2D eigenvalue weighted by atomic mass is 10.2. The Labute approximate surface area is 152 Å². The van der Waals surface area contributed by atoms with Crippen LogP contribution in [0.2, 0.25) is 5.02 Å². The third-order valence-electron chi connectivity index (χ3n) is 3.97. The first-order chi connectivity index (χ1) is 12.0. The maximum absolute atomic E-state index is 12.5. The van der Waals surface area contributed by atoms with Crippen LogP contribution in [-0.4, -0.2) is 22.8 Å². The Morgan fingerprint density at radius 2 is 1.92 bits per heavy atom. The van der Waals surface area contributed by atoms with Gasteiger partial charge in [-0.2, -0.15) is 0 Å². The van der Waals surface area contributed by atoms with Gasteiger partial charge in [0.1, 0.15) is 5.76 Å². The number of rotatable bonds is 5. The lowest BCUT2D eigenvalue weighted by molar-refractivity contribution is -0.129. The number of benzene rings is 2. The summed E-state index contributed by atoms with van der Waals surface area (Å²) in [6.07, 6.45) is 0.208. The summed E-state index contributed by atoms with van der Waals surface area (Å²) >= 11 is 5.99. The molecule has 0 atom stereocenters. The molecule has 1 aromatic heterocycles. The standard InChI is InChI=1S/C20H19ClN2O2/c1-14-18(22-20(25-14)16-8-4-3-5-9-16)12-19(24)23(2)13-15-7-6-10-17(21)11-15/h3-11H,12-13H2,1-2H3. The van der Waals surface area contributed by atoms with Gasteiger partial charge in [-0.1, -0.05) is 41.9 Å². The molecule has 0 fully saturated rings. The fourth-order valence-corrected chi connectivity index (χ4v) is 2.78. The van der Waals surface area contributed by atoms with E-state index >= 15 is 0 Å². The van der Waals surface area contributed by atoms with E-state index in [0.29, 0.717) is 28.9 Å². The van der Waals surface area contributed by atoms with Gasteiger partial charge in [0.05, 0.1) is 12.1 Å². The molecule has 0 bridgehead atoms. The van der Waals surface area contributed by atoms with Crippen LogP contribution < -0.4 is 0 Å². The maximum atomic E-state index is 12.5. The van der Waals surface area contributed by atoms with Crippen LogP contribution in [0.4, 0.5) is 0 Å². The monoisotopic (exact) mass is 354 g/mol. The summed E-state index contributed by atoms with van der Waals surface area (Å²) in [5, 5.41) is 0.665. The quantitative estimate of drug-likeness (QED) is 0.677. The third-order valence-corrected chi connectivity index (χ3v) is 4.20. The average molecular weight is 355 g/mol. The summed E-state index contributed by atoms with van der Waals surface area (Å²) in [5.74, 6) is 1.19. The lowest BCUT2D eigenvalue weighted by Gasteiger charge is -2.17. The molecule has 0 unspecified atom stereocenters. The van der Waals surface area contributed by atoms with Gasteiger partial charge in [-0.05, 0) is 36.8 Å². The predicted octanol–water partition coefficient (Wildman–Crippen LogP) is 4.50. The zero-order valence-electron chi connectivity index (χ0n) is 14.2. The molecule has 0 radical (unpaired) electrons. The highest BCUT2D eigenvalue weighted by Crippen LogP contribution is 2.22. The summed E-state index contributed by atoms with van der Waals surface area (Å²) < 4.78 is 5.72. The van der Waals surface area contributed by atoms with Crippen molar-refractivity contribution in [2.24, 2.45) is 0 Å². The first-order valence-electron chi connectivity index (χ1n) is 8.03. The Morgan fingerprint density at radius 3 is 2.64 bits per heavy atom. The molecule has 128 valence electrons. The fourth-order valence-electron chi connectivity index (χ4n) is 2.57. The fraction of sp³-hybridized carbons (Fsp3) is 0.200. The number of carbonyl (C=O) groups excluding carboxylic acids is 1. The van der Waals surface area contributed by atoms with Crippen molar-refractivity contribution in [2.45, 2.75) is 19.9 Å². The number of hydrogen-bond donors (Lipinski definition) is 0. The second kappa shape index (κ2) is 7.53. The SMILES string of the molecule is Cc1oc(-c2ccccc2)nc1CC(=O)N(C)Cc1cccc(Cl)c1. The molecule has 3 aromatic rings. The highest BCUT2D eigenvalue weighted by molar-refractivity contribution is 6.30. The van der Waals surface area contributed by atoms with Crippen molar-refractivity contribution in [3.05, 3.63) is 76.6 Å². The van der Waals surface area contributed by atoms with Crippen molar-refractivity contribution in [3.8, 4) is 11.5 Å². The van der Waals surface area contributed by atoms with Gasteiger partial charge in [0.15, 0.2) is 0 Å². The molecule has 5 heteroatoms. The second-order valence-electron chi connectivity index (χ2n) is 5.94. The number of aryl methyl sites for hydroxylation is 1. The maximum Gasteiger partial charge on any atom is 0.228 e. The number of likely N-dealkylation sites (N-methyl/N-ethyl adjacent to an activating group) is 1. The van der Waals surface area contributed by atoms with E-state index in [1.54, 1.807) is 11.9 Å². The Bertz CT molecular complexity index is 874. The van der Waals surface area contributed by atoms with Crippen LogP contribution >= 0.6 is 11.6 Å². The zero-order valence-corrected chi connectivity index (χ0v) is 15.0. The molecule has 0 N–H and O–H groups in total. The van der Waals surface area contributed by atoms with Crippen molar-refractivity contribution < 1.29 is 9.21 Å². The molecule has 1 amide bonds. The number of amides is 1. The molecule has 1 heterocycles. The normalized spacial score (nSPS) is 10.7. The predicted molar refractivity (Wildman–Crippen MR) is 98.3 cm³/mol. The molecular weight excluding hydrogens is 336 g/mol. The van der Waals surface area contributed by atoms with Gasteiger partial charge in [0.2, 0.25) is 11.8 Å². The summed E-state index contributed by atoms with van der Waals surface area (Å²) in [4.78, 5) is 18.7. The van der Waals surface area contributed by atoms with Crippen LogP contribution in [0.1, 0.15) is 17.0 Å². The molecule has 25 heavy (non-hydrogen) atoms. The van der Waals surface area contributed by atoms with Crippen molar-refractivity contribution in [1.82, 2.24) is 9.88 Å². The molecule has 0 spiro atoms. The Kier molecular flexibility index (Phi) is 5.19. The van der Waals surface area contributed by atoms with Gasteiger partial charge in [-0.15, -0.1) is 0 Å². The van der Waals surface area contributed by atoms with E-state index in [9.17, 15) is 4.79 Å². The number of aromatic nitrogens is 1. The molecule has 0 saturated heterocycles. The van der Waals surface area contributed by atoms with Crippen LogP contribution in [0.3, 0.4) is 0 Å². The Hall–Kier alpha value is -2.59. The van der Waals surface area contributed by atoms with E-state index < -0.39 is 0 Å². The van der Waals surface area contributed by atoms with Gasteiger partial charge in [0.25, 0.3) is 0 Å². The second-order valence-corrected chi connectivity index (χ2v) is 6.38. The first-order valence-corrected chi connectivity index (χ1v) is 8.41. The highest BCUT2D eigenvalue weighted by Gasteiger charge is 2.17. The lowest BCUT2D eigenvalue weighted by Crippen LogP contribution is -2.28. The van der Waals surface area contributed by atoms with E-state index in [2.05, 4.69) is 4.98 Å². The average Bonchev–Trinajstić information content (AvgIpc) is 2.96. The van der Waals surface area contributed by atoms with E-state index in [4.69, 9.17) is 16.0 Å². The minimum Gasteiger partial charge on any atom is -0.441 e. The third kappa shape index (κ3) is 4.28. The molecule has 2 aromatic carbocycles. The highest BCUT2D eigenvalue weighted by atomic mass is 35.5. The topological polar surface area (TPSA) is 46.3 Å². The molecule has 0 aliphatic heterocycles. The minimum absolute atomic E-state index is 0.0176. The van der Waals surface area contributed by atoms with Crippen LogP contribution in [0.15, 0.2) is 59.0 Å². The number of oxazole rings is 1. The van der Waals surface area contributed by atoms with E-state index in [0.717, 1.165) is 11.1 Å². The van der Waals surface area contributed by atoms with Gasteiger partial charge in [-0.25, -0.2) is 4.98 Å². The van der Waals surface area contributed by atoms with Crippen molar-refractivity contribution >= 4 is 17.5 Å². The number of halogens is 1. The number of carbonyl (C=O) groups is 1. The molecule has 4 nitrogen and oxygen atoms in total. The molecule has 0 aliphatic rings. The number of hydrogen-bond acceptors (Lipinski definition) is 3. The van der Waals surface area contributed by atoms with E-state index in [1.807, 2.05) is 61.5 Å². The van der Waals surface area contributed by atoms with Crippen LogP contribution in [0.25, 0.3) is 11.5 Å². The summed E-state index contributed by atoms with van der Waals surface area (Å²) in [5.41, 5.74) is 2.56.